The SMILES string of the molecule is C[C@@H]1C[C@H](NS(=O)(=O)CCCF)C[C@@H]1c1nnc2cnc3[nH]ccc3n12. The van der Waals surface area contributed by atoms with E-state index in [0.717, 1.165) is 23.4 Å². The Morgan fingerprint density at radius 2 is 2.23 bits per heavy atom. The molecule has 0 saturated heterocycles. The summed E-state index contributed by atoms with van der Waals surface area (Å²) in [6.07, 6.45) is 4.88. The Balaban J connectivity index is 1.61. The highest BCUT2D eigenvalue weighted by Gasteiger charge is 2.37. The normalized spacial score (nSPS) is 24.0. The molecule has 0 unspecified atom stereocenters. The first-order valence-corrected chi connectivity index (χ1v) is 10.4. The number of hydrogen-bond donors (Lipinski definition) is 2. The molecule has 1 aliphatic rings. The monoisotopic (exact) mass is 380 g/mol. The van der Waals surface area contributed by atoms with Crippen LogP contribution in [0.15, 0.2) is 18.5 Å². The Morgan fingerprint density at radius 3 is 3.04 bits per heavy atom. The molecule has 10 heteroatoms. The molecule has 4 rings (SSSR count). The lowest BCUT2D eigenvalue weighted by Crippen LogP contribution is -2.35. The highest BCUT2D eigenvalue weighted by Crippen LogP contribution is 2.39. The molecule has 3 atom stereocenters. The first-order valence-electron chi connectivity index (χ1n) is 8.71. The van der Waals surface area contributed by atoms with Gasteiger partial charge in [-0.15, -0.1) is 10.2 Å². The van der Waals surface area contributed by atoms with Gasteiger partial charge in [0.2, 0.25) is 10.0 Å². The third-order valence-electron chi connectivity index (χ3n) is 5.07. The van der Waals surface area contributed by atoms with Crippen LogP contribution in [0.4, 0.5) is 4.39 Å². The summed E-state index contributed by atoms with van der Waals surface area (Å²) in [7, 11) is -3.46. The molecule has 1 saturated carbocycles. The van der Waals surface area contributed by atoms with Crippen LogP contribution >= 0.6 is 0 Å². The zero-order valence-electron chi connectivity index (χ0n) is 14.4. The molecule has 0 bridgehead atoms. The van der Waals surface area contributed by atoms with E-state index < -0.39 is 16.7 Å². The van der Waals surface area contributed by atoms with Gasteiger partial charge in [-0.25, -0.2) is 18.1 Å². The van der Waals surface area contributed by atoms with Crippen molar-refractivity contribution < 1.29 is 12.8 Å². The van der Waals surface area contributed by atoms with Gasteiger partial charge >= 0.3 is 0 Å². The van der Waals surface area contributed by atoms with Crippen molar-refractivity contribution in [1.29, 1.82) is 0 Å². The van der Waals surface area contributed by atoms with Crippen LogP contribution in [0.2, 0.25) is 0 Å². The average molecular weight is 380 g/mol. The van der Waals surface area contributed by atoms with Crippen LogP contribution in [0.25, 0.3) is 16.8 Å². The molecule has 0 radical (unpaired) electrons. The van der Waals surface area contributed by atoms with Gasteiger partial charge in [-0.3, -0.25) is 8.79 Å². The minimum Gasteiger partial charge on any atom is -0.345 e. The average Bonchev–Trinajstić information content (AvgIpc) is 3.29. The van der Waals surface area contributed by atoms with Gasteiger partial charge in [0.1, 0.15) is 5.82 Å². The zero-order chi connectivity index (χ0) is 18.3. The fraction of sp³-hybridized carbons (Fsp3) is 0.562. The lowest BCUT2D eigenvalue weighted by molar-refractivity contribution is 0.480. The maximum Gasteiger partial charge on any atom is 0.211 e. The molecular weight excluding hydrogens is 359 g/mol. The van der Waals surface area contributed by atoms with E-state index >= 15 is 0 Å². The van der Waals surface area contributed by atoms with Crippen LogP contribution in [0.5, 0.6) is 0 Å². The van der Waals surface area contributed by atoms with Gasteiger partial charge in [-0.05, 0) is 31.2 Å². The maximum absolute atomic E-state index is 12.3. The number of nitrogens with one attached hydrogen (secondary N) is 2. The summed E-state index contributed by atoms with van der Waals surface area (Å²) in [6, 6.07) is 1.76. The summed E-state index contributed by atoms with van der Waals surface area (Å²) in [5.41, 5.74) is 2.33. The molecule has 140 valence electrons. The van der Waals surface area contributed by atoms with Crippen molar-refractivity contribution in [3.63, 3.8) is 0 Å². The van der Waals surface area contributed by atoms with Crippen molar-refractivity contribution in [3.8, 4) is 0 Å². The number of aromatic amines is 1. The maximum atomic E-state index is 12.3. The quantitative estimate of drug-likeness (QED) is 0.678. The third kappa shape index (κ3) is 3.07. The number of alkyl halides is 1. The Labute approximate surface area is 150 Å². The predicted molar refractivity (Wildman–Crippen MR) is 95.1 cm³/mol. The van der Waals surface area contributed by atoms with Crippen LogP contribution in [0, 0.1) is 5.92 Å². The standard InChI is InChI=1S/C16H21FN6O2S/c1-10-7-11(22-26(24,25)6-2-4-17)8-12(10)16-21-20-14-9-19-15-13(23(14)16)3-5-18-15/h3,5,9-12,18,22H,2,4,6-8H2,1H3/t10-,11+,12+/m1/s1. The van der Waals surface area contributed by atoms with Gasteiger partial charge in [0.15, 0.2) is 11.3 Å². The summed E-state index contributed by atoms with van der Waals surface area (Å²) in [5.74, 6) is 0.977. The van der Waals surface area contributed by atoms with Crippen LogP contribution < -0.4 is 4.72 Å². The number of halogens is 1. The Kier molecular flexibility index (Phi) is 4.39. The van der Waals surface area contributed by atoms with E-state index in [1.54, 1.807) is 6.20 Å². The van der Waals surface area contributed by atoms with Gasteiger partial charge in [0.25, 0.3) is 0 Å². The second-order valence-corrected chi connectivity index (χ2v) is 8.83. The van der Waals surface area contributed by atoms with Gasteiger partial charge in [0, 0.05) is 18.2 Å². The van der Waals surface area contributed by atoms with E-state index in [0.29, 0.717) is 12.1 Å². The summed E-state index contributed by atoms with van der Waals surface area (Å²) >= 11 is 0. The van der Waals surface area contributed by atoms with Crippen molar-refractivity contribution in [2.24, 2.45) is 5.92 Å². The van der Waals surface area contributed by atoms with Gasteiger partial charge < -0.3 is 4.98 Å². The molecule has 3 aromatic heterocycles. The third-order valence-corrected chi connectivity index (χ3v) is 6.59. The molecule has 26 heavy (non-hydrogen) atoms. The summed E-state index contributed by atoms with van der Waals surface area (Å²) < 4.78 is 41.1. The highest BCUT2D eigenvalue weighted by atomic mass is 32.2. The van der Waals surface area contributed by atoms with E-state index in [1.165, 1.54) is 0 Å². The highest BCUT2D eigenvalue weighted by molar-refractivity contribution is 7.89. The van der Waals surface area contributed by atoms with E-state index in [4.69, 9.17) is 0 Å². The molecule has 8 nitrogen and oxygen atoms in total. The van der Waals surface area contributed by atoms with Crippen molar-refractivity contribution in [1.82, 2.24) is 29.3 Å². The largest absolute Gasteiger partial charge is 0.345 e. The molecule has 3 heterocycles. The Morgan fingerprint density at radius 1 is 1.38 bits per heavy atom. The summed E-state index contributed by atoms with van der Waals surface area (Å²) in [6.45, 7) is 1.47. The molecule has 0 aliphatic heterocycles. The molecule has 3 aromatic rings. The number of rotatable bonds is 6. The lowest BCUT2D eigenvalue weighted by atomic mass is 9.97. The van der Waals surface area contributed by atoms with E-state index in [1.807, 2.05) is 16.7 Å². The fourth-order valence-corrected chi connectivity index (χ4v) is 5.21. The number of fused-ring (bicyclic) bond motifs is 3. The zero-order valence-corrected chi connectivity index (χ0v) is 15.2. The number of H-pyrrole nitrogens is 1. The molecule has 0 aromatic carbocycles. The van der Waals surface area contributed by atoms with E-state index in [-0.39, 0.29) is 30.1 Å². The lowest BCUT2D eigenvalue weighted by Gasteiger charge is -2.14. The minimum atomic E-state index is -3.46. The van der Waals surface area contributed by atoms with Crippen LogP contribution in [-0.4, -0.2) is 51.5 Å². The first kappa shape index (κ1) is 17.3. The van der Waals surface area contributed by atoms with Crippen LogP contribution in [0.1, 0.15) is 37.9 Å². The first-order chi connectivity index (χ1) is 12.5. The van der Waals surface area contributed by atoms with Gasteiger partial charge in [0.05, 0.1) is 24.1 Å². The molecule has 1 fully saturated rings. The van der Waals surface area contributed by atoms with Crippen molar-refractivity contribution in [2.45, 2.75) is 38.1 Å². The van der Waals surface area contributed by atoms with Gasteiger partial charge in [-0.1, -0.05) is 6.92 Å². The van der Waals surface area contributed by atoms with E-state index in [2.05, 4.69) is 31.8 Å². The molecule has 1 aliphatic carbocycles. The summed E-state index contributed by atoms with van der Waals surface area (Å²) in [5, 5.41) is 8.59. The predicted octanol–water partition coefficient (Wildman–Crippen LogP) is 1.77. The number of nitrogens with zero attached hydrogens (tertiary/aromatic N) is 4. The molecule has 0 amide bonds. The topological polar surface area (TPSA) is 105 Å². The van der Waals surface area contributed by atoms with E-state index in [9.17, 15) is 12.8 Å². The number of sulfonamides is 1. The van der Waals surface area contributed by atoms with Gasteiger partial charge in [-0.2, -0.15) is 0 Å². The Bertz CT molecular complexity index is 1030. The molecule has 2 N–H and O–H groups in total. The molecular formula is C16H21FN6O2S. The fourth-order valence-electron chi connectivity index (χ4n) is 3.90. The number of hydrogen-bond acceptors (Lipinski definition) is 5. The molecule has 0 spiro atoms. The summed E-state index contributed by atoms with van der Waals surface area (Å²) in [4.78, 5) is 7.40. The van der Waals surface area contributed by atoms with Crippen molar-refractivity contribution in [2.75, 3.05) is 12.4 Å². The van der Waals surface area contributed by atoms with Crippen LogP contribution in [-0.2, 0) is 10.0 Å². The Hall–Kier alpha value is -2.07. The second-order valence-electron chi connectivity index (χ2n) is 6.95. The number of aromatic nitrogens is 5. The van der Waals surface area contributed by atoms with Crippen molar-refractivity contribution in [3.05, 3.63) is 24.3 Å². The smallest absolute Gasteiger partial charge is 0.211 e. The van der Waals surface area contributed by atoms with Crippen molar-refractivity contribution >= 4 is 26.8 Å². The second kappa shape index (κ2) is 6.58. The van der Waals surface area contributed by atoms with Crippen LogP contribution in [0.3, 0.4) is 0 Å². The minimum absolute atomic E-state index is 0.0221.